The summed E-state index contributed by atoms with van der Waals surface area (Å²) in [6, 6.07) is 4.11. The molecule has 2 heterocycles. The lowest BCUT2D eigenvalue weighted by molar-refractivity contribution is 0.585. The number of fused-ring (bicyclic) bond motifs is 1. The predicted molar refractivity (Wildman–Crippen MR) is 77.8 cm³/mol. The van der Waals surface area contributed by atoms with Gasteiger partial charge in [-0.1, -0.05) is 0 Å². The van der Waals surface area contributed by atoms with E-state index >= 15 is 0 Å². The standard InChI is InChI=1S/C15H12ClF2N3/c1-8-3-4-19-15-14(8)20-13(7-16)21(15)12-6-10(17)9(2)5-11(12)18/h3-6H,7H2,1-2H3. The minimum absolute atomic E-state index is 0.0642. The van der Waals surface area contributed by atoms with Crippen LogP contribution in [0.2, 0.25) is 0 Å². The summed E-state index contributed by atoms with van der Waals surface area (Å²) in [7, 11) is 0. The number of imidazole rings is 1. The lowest BCUT2D eigenvalue weighted by atomic mass is 10.2. The van der Waals surface area contributed by atoms with Crippen LogP contribution in [0.25, 0.3) is 16.9 Å². The van der Waals surface area contributed by atoms with Gasteiger partial charge in [-0.05, 0) is 37.1 Å². The van der Waals surface area contributed by atoms with Crippen molar-refractivity contribution < 1.29 is 8.78 Å². The average molecular weight is 308 g/mol. The van der Waals surface area contributed by atoms with Gasteiger partial charge in [-0.2, -0.15) is 0 Å². The van der Waals surface area contributed by atoms with E-state index in [1.165, 1.54) is 11.5 Å². The zero-order chi connectivity index (χ0) is 15.1. The third-order valence-electron chi connectivity index (χ3n) is 3.41. The van der Waals surface area contributed by atoms with E-state index in [1.807, 2.05) is 13.0 Å². The monoisotopic (exact) mass is 307 g/mol. The molecule has 0 aliphatic rings. The van der Waals surface area contributed by atoms with E-state index in [0.29, 0.717) is 17.0 Å². The molecule has 3 rings (SSSR count). The summed E-state index contributed by atoms with van der Waals surface area (Å²) < 4.78 is 29.5. The molecule has 0 aliphatic carbocycles. The highest BCUT2D eigenvalue weighted by molar-refractivity contribution is 6.17. The third-order valence-corrected chi connectivity index (χ3v) is 3.65. The Morgan fingerprint density at radius 3 is 2.62 bits per heavy atom. The number of hydrogen-bond acceptors (Lipinski definition) is 2. The Kier molecular flexibility index (Phi) is 3.37. The second-order valence-electron chi connectivity index (χ2n) is 4.85. The number of benzene rings is 1. The van der Waals surface area contributed by atoms with E-state index in [2.05, 4.69) is 9.97 Å². The number of aromatic nitrogens is 3. The molecule has 3 aromatic rings. The number of alkyl halides is 1. The minimum atomic E-state index is -0.539. The summed E-state index contributed by atoms with van der Waals surface area (Å²) in [5, 5.41) is 0. The average Bonchev–Trinajstić information content (AvgIpc) is 2.83. The van der Waals surface area contributed by atoms with Gasteiger partial charge in [0.15, 0.2) is 5.65 Å². The lowest BCUT2D eigenvalue weighted by Crippen LogP contribution is -2.04. The Morgan fingerprint density at radius 1 is 1.14 bits per heavy atom. The van der Waals surface area contributed by atoms with E-state index in [9.17, 15) is 8.78 Å². The fraction of sp³-hybridized carbons (Fsp3) is 0.200. The van der Waals surface area contributed by atoms with Crippen LogP contribution in [0, 0.1) is 25.5 Å². The lowest BCUT2D eigenvalue weighted by Gasteiger charge is -2.10. The van der Waals surface area contributed by atoms with Crippen LogP contribution in [0.3, 0.4) is 0 Å². The number of pyridine rings is 1. The Hall–Kier alpha value is -2.01. The molecule has 0 amide bonds. The van der Waals surface area contributed by atoms with Crippen LogP contribution in [0.1, 0.15) is 17.0 Å². The molecule has 3 nitrogen and oxygen atoms in total. The van der Waals surface area contributed by atoms with E-state index in [4.69, 9.17) is 11.6 Å². The van der Waals surface area contributed by atoms with Crippen LogP contribution >= 0.6 is 11.6 Å². The van der Waals surface area contributed by atoms with E-state index in [1.54, 1.807) is 6.20 Å². The molecule has 2 aromatic heterocycles. The maximum atomic E-state index is 14.3. The maximum Gasteiger partial charge on any atom is 0.165 e. The Morgan fingerprint density at radius 2 is 1.90 bits per heavy atom. The molecule has 0 N–H and O–H groups in total. The molecule has 6 heteroatoms. The third kappa shape index (κ3) is 2.17. The normalized spacial score (nSPS) is 11.3. The molecule has 0 saturated heterocycles. The van der Waals surface area contributed by atoms with E-state index in [0.717, 1.165) is 17.7 Å². The fourth-order valence-electron chi connectivity index (χ4n) is 2.29. The van der Waals surface area contributed by atoms with Crippen molar-refractivity contribution in [3.8, 4) is 5.69 Å². The zero-order valence-corrected chi connectivity index (χ0v) is 12.2. The summed E-state index contributed by atoms with van der Waals surface area (Å²) in [5.74, 6) is -0.523. The first-order valence-corrected chi connectivity index (χ1v) is 6.91. The quantitative estimate of drug-likeness (QED) is 0.669. The van der Waals surface area contributed by atoms with Gasteiger partial charge in [0.05, 0.1) is 11.6 Å². The topological polar surface area (TPSA) is 30.7 Å². The number of nitrogens with zero attached hydrogens (tertiary/aromatic N) is 3. The number of aryl methyl sites for hydroxylation is 2. The van der Waals surface area contributed by atoms with Gasteiger partial charge in [-0.3, -0.25) is 4.57 Å². The van der Waals surface area contributed by atoms with Crippen molar-refractivity contribution in [2.24, 2.45) is 0 Å². The van der Waals surface area contributed by atoms with Crippen LogP contribution in [-0.4, -0.2) is 14.5 Å². The Balaban J connectivity index is 2.39. The highest BCUT2D eigenvalue weighted by Gasteiger charge is 2.18. The largest absolute Gasteiger partial charge is 0.277 e. The molecule has 0 spiro atoms. The molecule has 0 aliphatic heterocycles. The van der Waals surface area contributed by atoms with Crippen LogP contribution in [0.15, 0.2) is 24.4 Å². The van der Waals surface area contributed by atoms with Gasteiger partial charge in [-0.25, -0.2) is 18.7 Å². The second-order valence-corrected chi connectivity index (χ2v) is 5.12. The van der Waals surface area contributed by atoms with Gasteiger partial charge in [0.2, 0.25) is 0 Å². The van der Waals surface area contributed by atoms with Gasteiger partial charge in [0.1, 0.15) is 23.0 Å². The SMILES string of the molecule is Cc1cc(F)c(-n2c(CCl)nc3c(C)ccnc32)cc1F. The second kappa shape index (κ2) is 5.07. The van der Waals surface area contributed by atoms with E-state index in [-0.39, 0.29) is 17.1 Å². The zero-order valence-electron chi connectivity index (χ0n) is 11.5. The molecule has 0 fully saturated rings. The van der Waals surface area contributed by atoms with E-state index < -0.39 is 11.6 Å². The molecule has 1 aromatic carbocycles. The summed E-state index contributed by atoms with van der Waals surface area (Å²) in [6.07, 6.45) is 1.61. The first-order valence-electron chi connectivity index (χ1n) is 6.38. The molecule has 0 unspecified atom stereocenters. The molecule has 0 saturated carbocycles. The van der Waals surface area contributed by atoms with Gasteiger partial charge < -0.3 is 0 Å². The molecular weight excluding hydrogens is 296 g/mol. The smallest absolute Gasteiger partial charge is 0.165 e. The fourth-order valence-corrected chi connectivity index (χ4v) is 2.47. The van der Waals surface area contributed by atoms with Crippen molar-refractivity contribution >= 4 is 22.8 Å². The first-order chi connectivity index (χ1) is 10.0. The van der Waals surface area contributed by atoms with Crippen molar-refractivity contribution in [2.45, 2.75) is 19.7 Å². The van der Waals surface area contributed by atoms with Crippen LogP contribution < -0.4 is 0 Å². The summed E-state index contributed by atoms with van der Waals surface area (Å²) >= 11 is 5.90. The van der Waals surface area contributed by atoms with Crippen molar-refractivity contribution in [3.63, 3.8) is 0 Å². The summed E-state index contributed by atoms with van der Waals surface area (Å²) in [4.78, 5) is 8.61. The number of rotatable bonds is 2. The van der Waals surface area contributed by atoms with Crippen molar-refractivity contribution in [1.29, 1.82) is 0 Å². The number of hydrogen-bond donors (Lipinski definition) is 0. The molecule has 0 bridgehead atoms. The maximum absolute atomic E-state index is 14.3. The van der Waals surface area contributed by atoms with Gasteiger partial charge in [0.25, 0.3) is 0 Å². The van der Waals surface area contributed by atoms with Gasteiger partial charge in [-0.15, -0.1) is 11.6 Å². The molecule has 21 heavy (non-hydrogen) atoms. The Bertz CT molecular complexity index is 843. The van der Waals surface area contributed by atoms with Gasteiger partial charge in [0, 0.05) is 12.3 Å². The van der Waals surface area contributed by atoms with Crippen LogP contribution in [-0.2, 0) is 5.88 Å². The first kappa shape index (κ1) is 13.9. The molecule has 0 atom stereocenters. The highest BCUT2D eigenvalue weighted by Crippen LogP contribution is 2.26. The van der Waals surface area contributed by atoms with Crippen LogP contribution in [0.5, 0.6) is 0 Å². The van der Waals surface area contributed by atoms with Crippen molar-refractivity contribution in [2.75, 3.05) is 0 Å². The van der Waals surface area contributed by atoms with Crippen molar-refractivity contribution in [3.05, 3.63) is 53.0 Å². The minimum Gasteiger partial charge on any atom is -0.277 e. The van der Waals surface area contributed by atoms with Gasteiger partial charge >= 0.3 is 0 Å². The Labute approximate surface area is 125 Å². The molecule has 0 radical (unpaired) electrons. The summed E-state index contributed by atoms with van der Waals surface area (Å²) in [5.41, 5.74) is 2.31. The summed E-state index contributed by atoms with van der Waals surface area (Å²) in [6.45, 7) is 3.39. The van der Waals surface area contributed by atoms with Crippen LogP contribution in [0.4, 0.5) is 8.78 Å². The predicted octanol–water partition coefficient (Wildman–Crippen LogP) is 4.05. The number of halogens is 3. The molecular formula is C15H12ClF2N3. The van der Waals surface area contributed by atoms with Crippen molar-refractivity contribution in [1.82, 2.24) is 14.5 Å². The molecule has 108 valence electrons. The highest BCUT2D eigenvalue weighted by atomic mass is 35.5.